The molecule has 4 N–H and O–H groups in total. The zero-order chi connectivity index (χ0) is 18.5. The van der Waals surface area contributed by atoms with Gasteiger partial charge in [0.2, 0.25) is 0 Å². The van der Waals surface area contributed by atoms with Crippen LogP contribution in [0, 0.1) is 5.92 Å². The van der Waals surface area contributed by atoms with Crippen molar-refractivity contribution in [3.05, 3.63) is 59.7 Å². The Labute approximate surface area is 153 Å². The molecule has 1 amide bonds. The quantitative estimate of drug-likeness (QED) is 0.770. The number of carboxylic acid groups (broad SMARTS) is 1. The number of carboxylic acids is 1. The topological polar surface area (TPSA) is 92.4 Å². The van der Waals surface area contributed by atoms with Crippen molar-refractivity contribution < 1.29 is 14.7 Å². The maximum atomic E-state index is 12.6. The van der Waals surface area contributed by atoms with Crippen LogP contribution in [0.3, 0.4) is 0 Å². The maximum Gasteiger partial charge on any atom is 0.306 e. The van der Waals surface area contributed by atoms with Gasteiger partial charge in [0.15, 0.2) is 0 Å². The van der Waals surface area contributed by atoms with Gasteiger partial charge in [0.1, 0.15) is 0 Å². The highest BCUT2D eigenvalue weighted by Crippen LogP contribution is 2.25. The molecule has 1 aliphatic rings. The fraction of sp³-hybridized carbons (Fsp3) is 0.333. The van der Waals surface area contributed by atoms with E-state index in [1.165, 1.54) is 0 Å². The summed E-state index contributed by atoms with van der Waals surface area (Å²) in [4.78, 5) is 23.6. The maximum absolute atomic E-state index is 12.6. The Morgan fingerprint density at radius 3 is 2.31 bits per heavy atom. The summed E-state index contributed by atoms with van der Waals surface area (Å²) in [5, 5.41) is 12.1. The minimum absolute atomic E-state index is 0.0468. The second-order valence-electron chi connectivity index (χ2n) is 6.84. The molecule has 26 heavy (non-hydrogen) atoms. The average Bonchev–Trinajstić information content (AvgIpc) is 2.68. The van der Waals surface area contributed by atoms with Crippen molar-refractivity contribution >= 4 is 11.9 Å². The molecule has 5 nitrogen and oxygen atoms in total. The van der Waals surface area contributed by atoms with Gasteiger partial charge in [0.05, 0.1) is 5.92 Å². The predicted octanol–water partition coefficient (Wildman–Crippen LogP) is 3.19. The van der Waals surface area contributed by atoms with Gasteiger partial charge < -0.3 is 16.2 Å². The van der Waals surface area contributed by atoms with Gasteiger partial charge in [-0.3, -0.25) is 9.59 Å². The summed E-state index contributed by atoms with van der Waals surface area (Å²) in [6, 6.07) is 15.6. The first-order valence-corrected chi connectivity index (χ1v) is 9.00. The number of nitrogens with two attached hydrogens (primary N) is 1. The smallest absolute Gasteiger partial charge is 0.306 e. The van der Waals surface area contributed by atoms with Crippen LogP contribution in [0.4, 0.5) is 0 Å². The summed E-state index contributed by atoms with van der Waals surface area (Å²) in [5.74, 6) is -1.12. The average molecular weight is 352 g/mol. The fourth-order valence-electron chi connectivity index (χ4n) is 3.43. The number of benzene rings is 2. The van der Waals surface area contributed by atoms with Crippen LogP contribution in [0.2, 0.25) is 0 Å². The van der Waals surface area contributed by atoms with Gasteiger partial charge in [-0.05, 0) is 54.5 Å². The second-order valence-corrected chi connectivity index (χ2v) is 6.84. The molecule has 0 atom stereocenters. The minimum Gasteiger partial charge on any atom is -0.481 e. The molecule has 1 saturated carbocycles. The molecular weight excluding hydrogens is 328 g/mol. The van der Waals surface area contributed by atoms with E-state index in [4.69, 9.17) is 10.8 Å². The van der Waals surface area contributed by atoms with Gasteiger partial charge in [-0.2, -0.15) is 0 Å². The predicted molar refractivity (Wildman–Crippen MR) is 101 cm³/mol. The van der Waals surface area contributed by atoms with E-state index < -0.39 is 5.97 Å². The Bertz CT molecular complexity index is 778. The Morgan fingerprint density at radius 2 is 1.69 bits per heavy atom. The lowest BCUT2D eigenvalue weighted by Gasteiger charge is -2.26. The Kier molecular flexibility index (Phi) is 5.68. The van der Waals surface area contributed by atoms with Crippen molar-refractivity contribution in [2.24, 2.45) is 11.7 Å². The number of rotatable bonds is 5. The van der Waals surface area contributed by atoms with Crippen LogP contribution >= 0.6 is 0 Å². The molecule has 0 aromatic heterocycles. The Hall–Kier alpha value is -2.66. The van der Waals surface area contributed by atoms with E-state index in [1.54, 1.807) is 6.07 Å². The van der Waals surface area contributed by atoms with Crippen molar-refractivity contribution in [1.82, 2.24) is 5.32 Å². The summed E-state index contributed by atoms with van der Waals surface area (Å²) in [5.41, 5.74) is 9.34. The van der Waals surface area contributed by atoms with Gasteiger partial charge in [-0.15, -0.1) is 0 Å². The van der Waals surface area contributed by atoms with E-state index in [0.717, 1.165) is 16.7 Å². The Balaban J connectivity index is 1.65. The van der Waals surface area contributed by atoms with Gasteiger partial charge in [-0.25, -0.2) is 0 Å². The van der Waals surface area contributed by atoms with E-state index in [9.17, 15) is 9.59 Å². The summed E-state index contributed by atoms with van der Waals surface area (Å²) < 4.78 is 0. The van der Waals surface area contributed by atoms with E-state index in [-0.39, 0.29) is 17.9 Å². The van der Waals surface area contributed by atoms with Crippen LogP contribution in [0.5, 0.6) is 0 Å². The van der Waals surface area contributed by atoms with E-state index in [0.29, 0.717) is 37.8 Å². The molecule has 2 aromatic rings. The highest BCUT2D eigenvalue weighted by molar-refractivity contribution is 5.95. The first-order valence-electron chi connectivity index (χ1n) is 9.00. The molecule has 0 heterocycles. The SMILES string of the molecule is NCc1ccc(-c2cccc(C(=O)NC3CCC(C(=O)O)CC3)c2)cc1. The number of carbonyl (C=O) groups excluding carboxylic acids is 1. The van der Waals surface area contributed by atoms with E-state index in [1.807, 2.05) is 42.5 Å². The number of hydrogen-bond donors (Lipinski definition) is 3. The largest absolute Gasteiger partial charge is 0.481 e. The molecule has 0 unspecified atom stereocenters. The zero-order valence-corrected chi connectivity index (χ0v) is 14.7. The monoisotopic (exact) mass is 352 g/mol. The number of hydrogen-bond acceptors (Lipinski definition) is 3. The van der Waals surface area contributed by atoms with Crippen LogP contribution in [-0.2, 0) is 11.3 Å². The van der Waals surface area contributed by atoms with E-state index >= 15 is 0 Å². The van der Waals surface area contributed by atoms with Crippen molar-refractivity contribution in [1.29, 1.82) is 0 Å². The van der Waals surface area contributed by atoms with Crippen molar-refractivity contribution in [3.63, 3.8) is 0 Å². The fourth-order valence-corrected chi connectivity index (χ4v) is 3.43. The lowest BCUT2D eigenvalue weighted by molar-refractivity contribution is -0.142. The van der Waals surface area contributed by atoms with Crippen molar-refractivity contribution in [2.45, 2.75) is 38.3 Å². The number of carbonyl (C=O) groups is 2. The van der Waals surface area contributed by atoms with Crippen molar-refractivity contribution in [2.75, 3.05) is 0 Å². The lowest BCUT2D eigenvalue weighted by atomic mass is 9.86. The van der Waals surface area contributed by atoms with Crippen LogP contribution in [0.1, 0.15) is 41.6 Å². The first-order chi connectivity index (χ1) is 12.6. The van der Waals surface area contributed by atoms with Crippen LogP contribution < -0.4 is 11.1 Å². The van der Waals surface area contributed by atoms with E-state index in [2.05, 4.69) is 5.32 Å². The summed E-state index contributed by atoms with van der Waals surface area (Å²) in [6.45, 7) is 0.507. The Morgan fingerprint density at radius 1 is 1.00 bits per heavy atom. The minimum atomic E-state index is -0.733. The van der Waals surface area contributed by atoms with Crippen LogP contribution in [-0.4, -0.2) is 23.0 Å². The van der Waals surface area contributed by atoms with Crippen molar-refractivity contribution in [3.8, 4) is 11.1 Å². The molecule has 0 saturated heterocycles. The lowest BCUT2D eigenvalue weighted by Crippen LogP contribution is -2.38. The molecule has 1 aliphatic carbocycles. The van der Waals surface area contributed by atoms with Gasteiger partial charge in [0.25, 0.3) is 5.91 Å². The third-order valence-electron chi connectivity index (χ3n) is 5.06. The van der Waals surface area contributed by atoms with Gasteiger partial charge in [-0.1, -0.05) is 36.4 Å². The summed E-state index contributed by atoms with van der Waals surface area (Å²) in [7, 11) is 0. The highest BCUT2D eigenvalue weighted by Gasteiger charge is 2.26. The molecule has 0 spiro atoms. The van der Waals surface area contributed by atoms with Crippen LogP contribution in [0.15, 0.2) is 48.5 Å². The molecule has 0 bridgehead atoms. The molecule has 2 aromatic carbocycles. The first kappa shape index (κ1) is 18.1. The summed E-state index contributed by atoms with van der Waals surface area (Å²) in [6.07, 6.45) is 2.66. The molecule has 1 fully saturated rings. The number of nitrogens with one attached hydrogen (secondary N) is 1. The van der Waals surface area contributed by atoms with Gasteiger partial charge in [0, 0.05) is 18.2 Å². The van der Waals surface area contributed by atoms with Crippen LogP contribution in [0.25, 0.3) is 11.1 Å². The molecule has 0 radical (unpaired) electrons. The number of aliphatic carboxylic acids is 1. The molecule has 5 heteroatoms. The molecule has 3 rings (SSSR count). The molecule has 0 aliphatic heterocycles. The molecule has 136 valence electrons. The zero-order valence-electron chi connectivity index (χ0n) is 14.7. The second kappa shape index (κ2) is 8.15. The molecular formula is C21H24N2O3. The third-order valence-corrected chi connectivity index (χ3v) is 5.06. The third kappa shape index (κ3) is 4.29. The van der Waals surface area contributed by atoms with Gasteiger partial charge >= 0.3 is 5.97 Å². The highest BCUT2D eigenvalue weighted by atomic mass is 16.4. The normalized spacial score (nSPS) is 19.7. The number of amides is 1. The standard InChI is InChI=1S/C21H24N2O3/c22-13-14-4-6-15(7-5-14)17-2-1-3-18(12-17)20(24)23-19-10-8-16(9-11-19)21(25)26/h1-7,12,16,19H,8-11,13,22H2,(H,23,24)(H,25,26). The summed E-state index contributed by atoms with van der Waals surface area (Å²) >= 11 is 0.